The van der Waals surface area contributed by atoms with Gasteiger partial charge in [-0.15, -0.1) is 0 Å². The Hall–Kier alpha value is -1.56. The molecule has 1 aromatic carbocycles. The molecule has 1 rings (SSSR count). The Morgan fingerprint density at radius 1 is 1.35 bits per heavy atom. The molecule has 0 unspecified atom stereocenters. The fourth-order valence-electron chi connectivity index (χ4n) is 1.24. The number of halogens is 3. The number of nitrogens with one attached hydrogen (secondary N) is 1. The third-order valence-electron chi connectivity index (χ3n) is 2.21. The summed E-state index contributed by atoms with van der Waals surface area (Å²) in [6.45, 7) is 1.58. The molecule has 94 valence electrons. The van der Waals surface area contributed by atoms with Crippen LogP contribution in [0.2, 0.25) is 0 Å². The minimum atomic E-state index is -1.50. The highest BCUT2D eigenvalue weighted by Crippen LogP contribution is 2.13. The fraction of sp³-hybridized carbons (Fsp3) is 0.364. The van der Waals surface area contributed by atoms with Crippen molar-refractivity contribution in [2.45, 2.75) is 19.5 Å². The number of esters is 1. The lowest BCUT2D eigenvalue weighted by atomic mass is 10.2. The van der Waals surface area contributed by atoms with Crippen LogP contribution in [0.15, 0.2) is 12.1 Å². The van der Waals surface area contributed by atoms with Gasteiger partial charge in [-0.25, -0.2) is 13.2 Å². The number of hydrogen-bond donors (Lipinski definition) is 1. The lowest BCUT2D eigenvalue weighted by molar-refractivity contribution is -0.142. The Kier molecular flexibility index (Phi) is 4.51. The monoisotopic (exact) mass is 247 g/mol. The molecule has 0 spiro atoms. The van der Waals surface area contributed by atoms with Gasteiger partial charge in [0, 0.05) is 6.54 Å². The van der Waals surface area contributed by atoms with Crippen LogP contribution in [0.3, 0.4) is 0 Å². The van der Waals surface area contributed by atoms with E-state index in [-0.39, 0.29) is 12.1 Å². The highest BCUT2D eigenvalue weighted by Gasteiger charge is 2.14. The minimum Gasteiger partial charge on any atom is -0.468 e. The summed E-state index contributed by atoms with van der Waals surface area (Å²) in [6, 6.07) is 1.13. The van der Waals surface area contributed by atoms with Crippen molar-refractivity contribution in [3.8, 4) is 0 Å². The maximum atomic E-state index is 12.9. The third kappa shape index (κ3) is 3.45. The van der Waals surface area contributed by atoms with Crippen LogP contribution in [0.25, 0.3) is 0 Å². The Bertz CT molecular complexity index is 400. The van der Waals surface area contributed by atoms with Crippen molar-refractivity contribution in [3.63, 3.8) is 0 Å². The van der Waals surface area contributed by atoms with E-state index < -0.39 is 29.5 Å². The van der Waals surface area contributed by atoms with Gasteiger partial charge in [-0.2, -0.15) is 0 Å². The first-order valence-corrected chi connectivity index (χ1v) is 4.90. The van der Waals surface area contributed by atoms with Gasteiger partial charge >= 0.3 is 5.97 Å². The number of hydrogen-bond acceptors (Lipinski definition) is 3. The lowest BCUT2D eigenvalue weighted by Crippen LogP contribution is -2.34. The zero-order valence-electron chi connectivity index (χ0n) is 9.39. The van der Waals surface area contributed by atoms with E-state index >= 15 is 0 Å². The molecule has 0 aromatic heterocycles. The normalized spacial score (nSPS) is 12.3. The summed E-state index contributed by atoms with van der Waals surface area (Å²) in [7, 11) is 1.23. The van der Waals surface area contributed by atoms with Crippen LogP contribution in [-0.4, -0.2) is 19.1 Å². The molecule has 0 aliphatic heterocycles. The molecule has 0 fully saturated rings. The first-order chi connectivity index (χ1) is 7.95. The standard InChI is InChI=1S/C11H12F3NO2/c1-6(11(16)17-2)15-5-7-3-8(12)10(14)9(13)4-7/h3-4,6,15H,5H2,1-2H3/t6-/m0/s1. The van der Waals surface area contributed by atoms with Gasteiger partial charge in [-0.05, 0) is 24.6 Å². The summed E-state index contributed by atoms with van der Waals surface area (Å²) < 4.78 is 42.8. The predicted octanol–water partition coefficient (Wildman–Crippen LogP) is 1.75. The van der Waals surface area contributed by atoms with Crippen LogP contribution >= 0.6 is 0 Å². The van der Waals surface area contributed by atoms with E-state index in [1.54, 1.807) is 6.92 Å². The molecule has 0 bridgehead atoms. The zero-order valence-corrected chi connectivity index (χ0v) is 9.39. The van der Waals surface area contributed by atoms with Gasteiger partial charge in [0.2, 0.25) is 0 Å². The van der Waals surface area contributed by atoms with Crippen LogP contribution < -0.4 is 5.32 Å². The van der Waals surface area contributed by atoms with Crippen LogP contribution in [-0.2, 0) is 16.1 Å². The van der Waals surface area contributed by atoms with E-state index in [0.717, 1.165) is 12.1 Å². The van der Waals surface area contributed by atoms with E-state index in [9.17, 15) is 18.0 Å². The summed E-state index contributed by atoms with van der Waals surface area (Å²) in [5.74, 6) is -4.51. The van der Waals surface area contributed by atoms with E-state index in [0.29, 0.717) is 0 Å². The number of benzene rings is 1. The van der Waals surface area contributed by atoms with Gasteiger partial charge in [0.25, 0.3) is 0 Å². The molecule has 1 N–H and O–H groups in total. The quantitative estimate of drug-likeness (QED) is 0.650. The molecular weight excluding hydrogens is 235 g/mol. The molecule has 0 saturated heterocycles. The van der Waals surface area contributed by atoms with Crippen LogP contribution in [0, 0.1) is 17.5 Å². The molecule has 0 aliphatic rings. The second-order valence-electron chi connectivity index (χ2n) is 3.50. The second-order valence-corrected chi connectivity index (χ2v) is 3.50. The lowest BCUT2D eigenvalue weighted by Gasteiger charge is -2.11. The maximum absolute atomic E-state index is 12.9. The van der Waals surface area contributed by atoms with Crippen LogP contribution in [0.4, 0.5) is 13.2 Å². The van der Waals surface area contributed by atoms with E-state index in [4.69, 9.17) is 0 Å². The van der Waals surface area contributed by atoms with Crippen molar-refractivity contribution in [3.05, 3.63) is 35.1 Å². The Balaban J connectivity index is 2.67. The summed E-state index contributed by atoms with van der Waals surface area (Å²) >= 11 is 0. The van der Waals surface area contributed by atoms with Gasteiger partial charge in [0.1, 0.15) is 6.04 Å². The van der Waals surface area contributed by atoms with Gasteiger partial charge in [-0.1, -0.05) is 0 Å². The molecular formula is C11H12F3NO2. The Labute approximate surface area is 96.6 Å². The largest absolute Gasteiger partial charge is 0.468 e. The number of carbonyl (C=O) groups excluding carboxylic acids is 1. The van der Waals surface area contributed by atoms with Gasteiger partial charge in [0.05, 0.1) is 7.11 Å². The predicted molar refractivity (Wildman–Crippen MR) is 54.6 cm³/mol. The third-order valence-corrected chi connectivity index (χ3v) is 2.21. The second kappa shape index (κ2) is 5.67. The maximum Gasteiger partial charge on any atom is 0.322 e. The molecule has 1 aromatic rings. The average molecular weight is 247 g/mol. The van der Waals surface area contributed by atoms with Crippen molar-refractivity contribution in [2.24, 2.45) is 0 Å². The van der Waals surface area contributed by atoms with Crippen LogP contribution in [0.1, 0.15) is 12.5 Å². The Morgan fingerprint density at radius 3 is 2.35 bits per heavy atom. The first-order valence-electron chi connectivity index (χ1n) is 4.90. The molecule has 0 radical (unpaired) electrons. The highest BCUT2D eigenvalue weighted by atomic mass is 19.2. The van der Waals surface area contributed by atoms with E-state index in [2.05, 4.69) is 10.1 Å². The SMILES string of the molecule is COC(=O)[C@H](C)NCc1cc(F)c(F)c(F)c1. The number of carbonyl (C=O) groups is 1. The van der Waals surface area contributed by atoms with Crippen molar-refractivity contribution < 1.29 is 22.7 Å². The van der Waals surface area contributed by atoms with Gasteiger partial charge < -0.3 is 10.1 Å². The Morgan fingerprint density at radius 2 is 1.88 bits per heavy atom. The van der Waals surface area contributed by atoms with E-state index in [1.165, 1.54) is 7.11 Å². The topological polar surface area (TPSA) is 38.3 Å². The average Bonchev–Trinajstić information content (AvgIpc) is 2.31. The van der Waals surface area contributed by atoms with Crippen LogP contribution in [0.5, 0.6) is 0 Å². The van der Waals surface area contributed by atoms with Crippen molar-refractivity contribution >= 4 is 5.97 Å². The molecule has 0 aliphatic carbocycles. The van der Waals surface area contributed by atoms with Gasteiger partial charge in [-0.3, -0.25) is 4.79 Å². The summed E-state index contributed by atoms with van der Waals surface area (Å²) in [5.41, 5.74) is 0.206. The number of rotatable bonds is 4. The van der Waals surface area contributed by atoms with Crippen molar-refractivity contribution in [1.29, 1.82) is 0 Å². The molecule has 6 heteroatoms. The smallest absolute Gasteiger partial charge is 0.322 e. The number of ether oxygens (including phenoxy) is 1. The van der Waals surface area contributed by atoms with Crippen molar-refractivity contribution in [1.82, 2.24) is 5.32 Å². The fourth-order valence-corrected chi connectivity index (χ4v) is 1.24. The van der Waals surface area contributed by atoms with E-state index in [1.807, 2.05) is 0 Å². The zero-order chi connectivity index (χ0) is 13.0. The minimum absolute atomic E-state index is 0.0321. The molecule has 17 heavy (non-hydrogen) atoms. The first kappa shape index (κ1) is 13.5. The molecule has 3 nitrogen and oxygen atoms in total. The summed E-state index contributed by atoms with van der Waals surface area (Å²) in [5, 5.41) is 2.69. The summed E-state index contributed by atoms with van der Waals surface area (Å²) in [4.78, 5) is 11.0. The number of methoxy groups -OCH3 is 1. The molecule has 0 heterocycles. The van der Waals surface area contributed by atoms with Gasteiger partial charge in [0.15, 0.2) is 17.5 Å². The van der Waals surface area contributed by atoms with Crippen molar-refractivity contribution in [2.75, 3.05) is 7.11 Å². The summed E-state index contributed by atoms with van der Waals surface area (Å²) in [6.07, 6.45) is 0. The molecule has 0 saturated carbocycles. The highest BCUT2D eigenvalue weighted by molar-refractivity contribution is 5.75. The molecule has 1 atom stereocenters. The molecule has 0 amide bonds.